The summed E-state index contributed by atoms with van der Waals surface area (Å²) >= 11 is 0. The third kappa shape index (κ3) is 4.09. The average molecular weight is 432 g/mol. The molecule has 4 rings (SSSR count). The van der Waals surface area contributed by atoms with E-state index in [9.17, 15) is 24.4 Å². The first kappa shape index (κ1) is 20.9. The van der Waals surface area contributed by atoms with Crippen molar-refractivity contribution in [3.63, 3.8) is 0 Å². The lowest BCUT2D eigenvalue weighted by atomic mass is 9.98. The van der Waals surface area contributed by atoms with E-state index in [1.165, 1.54) is 0 Å². The number of carbonyl (C=O) groups is 1. The van der Waals surface area contributed by atoms with Crippen LogP contribution in [0.3, 0.4) is 0 Å². The van der Waals surface area contributed by atoms with Gasteiger partial charge in [-0.05, 0) is 22.3 Å². The number of ether oxygens (including phenoxy) is 1. The molecule has 0 saturated heterocycles. The van der Waals surface area contributed by atoms with Crippen LogP contribution in [0.25, 0.3) is 11.1 Å². The van der Waals surface area contributed by atoms with Crippen LogP contribution in [0.15, 0.2) is 60.7 Å². The van der Waals surface area contributed by atoms with Crippen molar-refractivity contribution in [1.82, 2.24) is 5.32 Å². The van der Waals surface area contributed by atoms with Crippen molar-refractivity contribution in [3.05, 3.63) is 93.3 Å². The molecular weight excluding hydrogens is 415 g/mol. The maximum Gasteiger partial charge on any atom is 0.407 e. The van der Waals surface area contributed by atoms with Gasteiger partial charge >= 0.3 is 11.8 Å². The molecule has 0 unspecified atom stereocenters. The highest BCUT2D eigenvalue weighted by Gasteiger charge is 2.28. The standard InChI is InChI=1S/C24H17FN2O5/c25-21-13-23(28)22(27(30)31)12-15(21)6-5-11-26-24(29)32-14-20-18-9-3-1-7-16(18)17-8-2-4-10-19(17)20/h1-4,7-10,12-13,20,28H,11,14H2,(H,26,29). The molecule has 0 spiro atoms. The number of nitro groups is 1. The normalized spacial score (nSPS) is 11.7. The SMILES string of the molecule is O=C(NCC#Cc1cc([N+](=O)[O-])c(O)cc1F)OCC1c2ccccc2-c2ccccc21. The number of fused-ring (bicyclic) bond motifs is 3. The van der Waals surface area contributed by atoms with Gasteiger partial charge in [-0.25, -0.2) is 9.18 Å². The van der Waals surface area contributed by atoms with Crippen LogP contribution in [0.5, 0.6) is 5.75 Å². The Labute approximate surface area is 182 Å². The number of nitrogens with zero attached hydrogens (tertiary/aromatic N) is 1. The summed E-state index contributed by atoms with van der Waals surface area (Å²) in [7, 11) is 0. The number of rotatable bonds is 4. The number of aromatic hydroxyl groups is 1. The van der Waals surface area contributed by atoms with Gasteiger partial charge in [0, 0.05) is 18.1 Å². The van der Waals surface area contributed by atoms with E-state index < -0.39 is 28.3 Å². The van der Waals surface area contributed by atoms with Crippen LogP contribution in [0.4, 0.5) is 14.9 Å². The second kappa shape index (κ2) is 8.78. The lowest BCUT2D eigenvalue weighted by Crippen LogP contribution is -2.26. The minimum atomic E-state index is -0.901. The fraction of sp³-hybridized carbons (Fsp3) is 0.125. The van der Waals surface area contributed by atoms with Crippen LogP contribution in [0.1, 0.15) is 22.6 Å². The molecule has 0 bridgehead atoms. The fourth-order valence-electron chi connectivity index (χ4n) is 3.70. The maximum absolute atomic E-state index is 13.8. The second-order valence-electron chi connectivity index (χ2n) is 7.06. The highest BCUT2D eigenvalue weighted by molar-refractivity contribution is 5.79. The van der Waals surface area contributed by atoms with E-state index in [-0.39, 0.29) is 24.6 Å². The first-order valence-electron chi connectivity index (χ1n) is 9.70. The molecule has 160 valence electrons. The molecule has 0 aromatic heterocycles. The summed E-state index contributed by atoms with van der Waals surface area (Å²) < 4.78 is 19.2. The molecule has 0 aliphatic heterocycles. The zero-order valence-corrected chi connectivity index (χ0v) is 16.7. The number of carbonyl (C=O) groups excluding carboxylic acids is 1. The Morgan fingerprint density at radius 3 is 2.38 bits per heavy atom. The quantitative estimate of drug-likeness (QED) is 0.363. The predicted molar refractivity (Wildman–Crippen MR) is 115 cm³/mol. The highest BCUT2D eigenvalue weighted by atomic mass is 19.1. The first-order chi connectivity index (χ1) is 15.5. The molecule has 0 atom stereocenters. The molecule has 0 saturated carbocycles. The van der Waals surface area contributed by atoms with Gasteiger partial charge in [-0.1, -0.05) is 60.4 Å². The Balaban J connectivity index is 1.37. The summed E-state index contributed by atoms with van der Waals surface area (Å²) in [6.45, 7) is -0.00311. The van der Waals surface area contributed by atoms with Crippen LogP contribution >= 0.6 is 0 Å². The second-order valence-corrected chi connectivity index (χ2v) is 7.06. The van der Waals surface area contributed by atoms with Crippen LogP contribution in [0, 0.1) is 27.8 Å². The van der Waals surface area contributed by atoms with Gasteiger partial charge in [0.05, 0.1) is 17.0 Å². The molecule has 0 fully saturated rings. The van der Waals surface area contributed by atoms with E-state index in [2.05, 4.69) is 17.2 Å². The van der Waals surface area contributed by atoms with Gasteiger partial charge in [-0.2, -0.15) is 0 Å². The topological polar surface area (TPSA) is 102 Å². The Morgan fingerprint density at radius 2 is 1.75 bits per heavy atom. The van der Waals surface area contributed by atoms with E-state index in [0.717, 1.165) is 28.3 Å². The van der Waals surface area contributed by atoms with Gasteiger partial charge in [0.15, 0.2) is 5.75 Å². The van der Waals surface area contributed by atoms with E-state index in [1.807, 2.05) is 48.5 Å². The molecular formula is C24H17FN2O5. The number of halogens is 1. The van der Waals surface area contributed by atoms with Gasteiger partial charge in [-0.3, -0.25) is 10.1 Å². The number of hydrogen-bond acceptors (Lipinski definition) is 5. The first-order valence-corrected chi connectivity index (χ1v) is 9.70. The van der Waals surface area contributed by atoms with Gasteiger partial charge in [0.25, 0.3) is 0 Å². The van der Waals surface area contributed by atoms with E-state index >= 15 is 0 Å². The Bertz CT molecular complexity index is 1230. The summed E-state index contributed by atoms with van der Waals surface area (Å²) in [4.78, 5) is 22.1. The van der Waals surface area contributed by atoms with Gasteiger partial charge < -0.3 is 15.2 Å². The van der Waals surface area contributed by atoms with Gasteiger partial charge in [-0.15, -0.1) is 0 Å². The third-order valence-electron chi connectivity index (χ3n) is 5.15. The summed E-state index contributed by atoms with van der Waals surface area (Å²) in [6, 6.07) is 17.4. The van der Waals surface area contributed by atoms with E-state index in [1.54, 1.807) is 0 Å². The average Bonchev–Trinajstić information content (AvgIpc) is 3.10. The number of amides is 1. The zero-order chi connectivity index (χ0) is 22.7. The van der Waals surface area contributed by atoms with Crippen LogP contribution < -0.4 is 5.32 Å². The van der Waals surface area contributed by atoms with E-state index in [4.69, 9.17) is 4.74 Å². The Hall–Kier alpha value is -4.38. The monoisotopic (exact) mass is 432 g/mol. The van der Waals surface area contributed by atoms with Crippen molar-refractivity contribution in [2.24, 2.45) is 0 Å². The Kier molecular flexibility index (Phi) is 5.73. The number of nitrogens with one attached hydrogen (secondary N) is 1. The predicted octanol–water partition coefficient (Wildman–Crippen LogP) is 4.33. The fourth-order valence-corrected chi connectivity index (χ4v) is 3.70. The molecule has 2 N–H and O–H groups in total. The lowest BCUT2D eigenvalue weighted by molar-refractivity contribution is -0.385. The summed E-state index contributed by atoms with van der Waals surface area (Å²) in [5.41, 5.74) is 3.50. The summed E-state index contributed by atoms with van der Waals surface area (Å²) in [5, 5.41) is 22.7. The number of benzene rings is 3. The van der Waals surface area contributed by atoms with E-state index in [0.29, 0.717) is 6.07 Å². The van der Waals surface area contributed by atoms with Crippen LogP contribution in [-0.2, 0) is 4.74 Å². The van der Waals surface area contributed by atoms with Crippen LogP contribution in [-0.4, -0.2) is 29.3 Å². The number of phenols is 1. The molecule has 1 aliphatic carbocycles. The molecule has 7 nitrogen and oxygen atoms in total. The number of phenolic OH excluding ortho intramolecular Hbond substituents is 1. The van der Waals surface area contributed by atoms with Crippen molar-refractivity contribution in [2.75, 3.05) is 13.2 Å². The van der Waals surface area contributed by atoms with Crippen molar-refractivity contribution in [1.29, 1.82) is 0 Å². The van der Waals surface area contributed by atoms with Gasteiger partial charge in [0.1, 0.15) is 12.4 Å². The lowest BCUT2D eigenvalue weighted by Gasteiger charge is -2.14. The van der Waals surface area contributed by atoms with Crippen molar-refractivity contribution >= 4 is 11.8 Å². The highest BCUT2D eigenvalue weighted by Crippen LogP contribution is 2.44. The molecule has 3 aromatic carbocycles. The largest absolute Gasteiger partial charge is 0.502 e. The molecule has 0 heterocycles. The minimum absolute atomic E-state index is 0.0779. The number of nitro benzene ring substituents is 1. The van der Waals surface area contributed by atoms with Crippen molar-refractivity contribution in [2.45, 2.75) is 5.92 Å². The third-order valence-corrected chi connectivity index (χ3v) is 5.15. The van der Waals surface area contributed by atoms with Crippen molar-refractivity contribution in [3.8, 4) is 28.7 Å². The van der Waals surface area contributed by atoms with Crippen LogP contribution in [0.2, 0.25) is 0 Å². The molecule has 8 heteroatoms. The molecule has 32 heavy (non-hydrogen) atoms. The molecule has 0 radical (unpaired) electrons. The Morgan fingerprint density at radius 1 is 1.12 bits per heavy atom. The number of alkyl carbamates (subject to hydrolysis) is 1. The summed E-state index contributed by atoms with van der Waals surface area (Å²) in [6.07, 6.45) is -0.682. The molecule has 1 aliphatic rings. The van der Waals surface area contributed by atoms with Crippen molar-refractivity contribution < 1.29 is 24.0 Å². The zero-order valence-electron chi connectivity index (χ0n) is 16.7. The maximum atomic E-state index is 13.8. The molecule has 1 amide bonds. The summed E-state index contributed by atoms with van der Waals surface area (Å²) in [5.74, 6) is 3.15. The molecule has 3 aromatic rings. The van der Waals surface area contributed by atoms with Gasteiger partial charge in [0.2, 0.25) is 0 Å². The number of hydrogen-bond donors (Lipinski definition) is 2. The minimum Gasteiger partial charge on any atom is -0.502 e. The smallest absolute Gasteiger partial charge is 0.407 e.